The van der Waals surface area contributed by atoms with Crippen LogP contribution in [0.3, 0.4) is 0 Å². The molecule has 1 fully saturated rings. The number of rotatable bonds is 7. The maximum atomic E-state index is 14.1. The molecule has 15 heteroatoms. The molecule has 1 unspecified atom stereocenters. The summed E-state index contributed by atoms with van der Waals surface area (Å²) in [5, 5.41) is -0.146. The van der Waals surface area contributed by atoms with Gasteiger partial charge in [-0.05, 0) is 42.7 Å². The Kier molecular flexibility index (Phi) is 9.11. The molecule has 38 heavy (non-hydrogen) atoms. The zero-order valence-corrected chi connectivity index (χ0v) is 22.8. The molecule has 210 valence electrons. The fourth-order valence-corrected chi connectivity index (χ4v) is 5.24. The molecule has 4 rings (SSSR count). The van der Waals surface area contributed by atoms with Crippen LogP contribution in [0.4, 0.5) is 13.2 Å². The number of hydrazine groups is 1. The van der Waals surface area contributed by atoms with E-state index in [0.29, 0.717) is 38.2 Å². The summed E-state index contributed by atoms with van der Waals surface area (Å²) in [7, 11) is -3.02. The number of nitrogens with one attached hydrogen (secondary N) is 2. The summed E-state index contributed by atoms with van der Waals surface area (Å²) < 4.78 is 70.9. The highest BCUT2D eigenvalue weighted by Gasteiger charge is 2.39. The predicted molar refractivity (Wildman–Crippen MR) is 143 cm³/mol. The monoisotopic (exact) mass is 596 g/mol. The lowest BCUT2D eigenvalue weighted by atomic mass is 9.95. The molecule has 9 nitrogen and oxygen atoms in total. The lowest BCUT2D eigenvalue weighted by molar-refractivity contribution is -0.137. The maximum absolute atomic E-state index is 14.1. The second-order valence-electron chi connectivity index (χ2n) is 9.20. The number of guanidine groups is 1. The highest BCUT2D eigenvalue weighted by molar-refractivity contribution is 7.90. The quantitative estimate of drug-likeness (QED) is 0.383. The van der Waals surface area contributed by atoms with Gasteiger partial charge in [-0.25, -0.2) is 13.4 Å². The first-order valence-electron chi connectivity index (χ1n) is 11.5. The zero-order valence-electron chi connectivity index (χ0n) is 20.4. The number of sulfone groups is 1. The van der Waals surface area contributed by atoms with Crippen molar-refractivity contribution >= 4 is 39.8 Å². The van der Waals surface area contributed by atoms with Crippen molar-refractivity contribution in [1.82, 2.24) is 15.8 Å². The van der Waals surface area contributed by atoms with Gasteiger partial charge in [-0.2, -0.15) is 18.6 Å². The summed E-state index contributed by atoms with van der Waals surface area (Å²) in [4.78, 5) is 6.01. The Morgan fingerprint density at radius 1 is 1.21 bits per heavy atom. The Hall–Kier alpha value is -2.29. The standard InChI is InChI=1S/C23H28ClF3N6O3S.ClH/c1-37(34,35)11-10-33-8-6-17(7-9-33)36-16-4-2-14(3-5-16)20-18(22(25,26)27)12-15(13-19(20)24)23(29)30-21(28)31-32-23;/h2-5,12-13,17,32H,6-11,29H2,1H3,(H3,28,30,31);1H. The van der Waals surface area contributed by atoms with Gasteiger partial charge in [0.1, 0.15) is 21.7 Å². The van der Waals surface area contributed by atoms with Crippen LogP contribution < -0.4 is 27.1 Å². The maximum Gasteiger partial charge on any atom is 0.417 e. The third-order valence-corrected chi connectivity index (χ3v) is 7.49. The summed E-state index contributed by atoms with van der Waals surface area (Å²) in [5.41, 5.74) is 15.8. The molecule has 0 saturated carbocycles. The van der Waals surface area contributed by atoms with Gasteiger partial charge in [0.25, 0.3) is 0 Å². The highest BCUT2D eigenvalue weighted by Crippen LogP contribution is 2.43. The lowest BCUT2D eigenvalue weighted by Gasteiger charge is -2.32. The topological polar surface area (TPSA) is 135 Å². The number of piperidine rings is 1. The summed E-state index contributed by atoms with van der Waals surface area (Å²) in [6, 6.07) is 8.49. The van der Waals surface area contributed by atoms with Gasteiger partial charge in [0.05, 0.1) is 11.3 Å². The van der Waals surface area contributed by atoms with Gasteiger partial charge in [-0.15, -0.1) is 12.4 Å². The molecule has 2 aliphatic rings. The largest absolute Gasteiger partial charge is 0.490 e. The summed E-state index contributed by atoms with van der Waals surface area (Å²) in [6.07, 6.45) is -2.14. The van der Waals surface area contributed by atoms with E-state index in [2.05, 4.69) is 20.7 Å². The molecule has 0 radical (unpaired) electrons. The molecule has 2 aliphatic heterocycles. The molecule has 0 aromatic heterocycles. The molecule has 2 aromatic rings. The van der Waals surface area contributed by atoms with Crippen molar-refractivity contribution in [2.24, 2.45) is 16.5 Å². The van der Waals surface area contributed by atoms with Gasteiger partial charge in [-0.1, -0.05) is 23.7 Å². The number of ether oxygens (including phenoxy) is 1. The number of hydrogen-bond acceptors (Lipinski definition) is 9. The van der Waals surface area contributed by atoms with E-state index in [4.69, 9.17) is 27.8 Å². The molecule has 1 saturated heterocycles. The SMILES string of the molecule is CS(=O)(=O)CCN1CCC(Oc2ccc(-c3c(Cl)cc(C4(N)N=C(N)NN4)cc3C(F)(F)F)cc2)CC1.Cl. The van der Waals surface area contributed by atoms with E-state index >= 15 is 0 Å². The minimum absolute atomic E-state index is 0. The van der Waals surface area contributed by atoms with E-state index < -0.39 is 27.4 Å². The summed E-state index contributed by atoms with van der Waals surface area (Å²) in [5.74, 6) is -1.13. The normalized spacial score (nSPS) is 20.9. The van der Waals surface area contributed by atoms with Crippen LogP contribution >= 0.6 is 24.0 Å². The first kappa shape index (κ1) is 30.3. The number of nitrogens with zero attached hydrogens (tertiary/aromatic N) is 2. The number of benzene rings is 2. The molecule has 6 N–H and O–H groups in total. The Labute approximate surface area is 230 Å². The van der Waals surface area contributed by atoms with Crippen LogP contribution in [0.15, 0.2) is 41.4 Å². The van der Waals surface area contributed by atoms with Crippen molar-refractivity contribution in [3.05, 3.63) is 52.5 Å². The Morgan fingerprint density at radius 3 is 2.37 bits per heavy atom. The smallest absolute Gasteiger partial charge is 0.417 e. The van der Waals surface area contributed by atoms with Crippen molar-refractivity contribution < 1.29 is 26.3 Å². The summed E-state index contributed by atoms with van der Waals surface area (Å²) in [6.45, 7) is 1.90. The average molecular weight is 597 g/mol. The average Bonchev–Trinajstić information content (AvgIpc) is 3.17. The minimum Gasteiger partial charge on any atom is -0.490 e. The van der Waals surface area contributed by atoms with Gasteiger partial charge < -0.3 is 15.4 Å². The number of hydrogen-bond donors (Lipinski definition) is 4. The van der Waals surface area contributed by atoms with Gasteiger partial charge in [-0.3, -0.25) is 11.2 Å². The number of nitrogens with two attached hydrogens (primary N) is 2. The van der Waals surface area contributed by atoms with Crippen molar-refractivity contribution in [2.75, 3.05) is 31.6 Å². The van der Waals surface area contributed by atoms with Crippen molar-refractivity contribution in [2.45, 2.75) is 30.9 Å². The van der Waals surface area contributed by atoms with Crippen LogP contribution in [-0.2, 0) is 21.8 Å². The molecule has 0 aliphatic carbocycles. The van der Waals surface area contributed by atoms with E-state index in [1.807, 2.05) is 0 Å². The second-order valence-corrected chi connectivity index (χ2v) is 11.9. The van der Waals surface area contributed by atoms with Crippen LogP contribution in [0.5, 0.6) is 5.75 Å². The van der Waals surface area contributed by atoms with Crippen LogP contribution in [0.2, 0.25) is 5.02 Å². The molecular weight excluding hydrogens is 568 g/mol. The Bertz CT molecular complexity index is 1290. The Balaban J connectivity index is 0.00000400. The zero-order chi connectivity index (χ0) is 27.0. The Morgan fingerprint density at radius 2 is 1.84 bits per heavy atom. The molecule has 2 heterocycles. The minimum atomic E-state index is -4.72. The van der Waals surface area contributed by atoms with E-state index in [0.717, 1.165) is 6.07 Å². The van der Waals surface area contributed by atoms with Gasteiger partial charge >= 0.3 is 6.18 Å². The fraction of sp³-hybridized carbons (Fsp3) is 0.435. The van der Waals surface area contributed by atoms with Crippen LogP contribution in [0, 0.1) is 0 Å². The molecule has 0 bridgehead atoms. The second kappa shape index (κ2) is 11.4. The van der Waals surface area contributed by atoms with Crippen molar-refractivity contribution in [3.8, 4) is 16.9 Å². The first-order chi connectivity index (χ1) is 17.2. The third-order valence-electron chi connectivity index (χ3n) is 6.27. The van der Waals surface area contributed by atoms with Gasteiger partial charge in [0.2, 0.25) is 11.7 Å². The van der Waals surface area contributed by atoms with Crippen LogP contribution in [0.1, 0.15) is 24.0 Å². The number of likely N-dealkylation sites (tertiary alicyclic amines) is 1. The van der Waals surface area contributed by atoms with Gasteiger partial charge in [0.15, 0.2) is 0 Å². The van der Waals surface area contributed by atoms with Crippen molar-refractivity contribution in [1.29, 1.82) is 0 Å². The molecule has 1 atom stereocenters. The van der Waals surface area contributed by atoms with E-state index in [-0.39, 0.29) is 51.9 Å². The van der Waals surface area contributed by atoms with Crippen LogP contribution in [-0.4, -0.2) is 57.0 Å². The highest BCUT2D eigenvalue weighted by atomic mass is 35.5. The molecular formula is C23H29Cl2F3N6O3S. The van der Waals surface area contributed by atoms with Gasteiger partial charge in [0, 0.05) is 42.0 Å². The summed E-state index contributed by atoms with van der Waals surface area (Å²) >= 11 is 6.36. The predicted octanol–water partition coefficient (Wildman–Crippen LogP) is 2.83. The third kappa shape index (κ3) is 7.21. The van der Waals surface area contributed by atoms with E-state index in [1.54, 1.807) is 12.1 Å². The molecule has 2 aromatic carbocycles. The van der Waals surface area contributed by atoms with Crippen LogP contribution in [0.25, 0.3) is 11.1 Å². The van der Waals surface area contributed by atoms with E-state index in [1.165, 1.54) is 24.5 Å². The van der Waals surface area contributed by atoms with Crippen molar-refractivity contribution in [3.63, 3.8) is 0 Å². The molecule has 0 amide bonds. The fourth-order valence-electron chi connectivity index (χ4n) is 4.32. The van der Waals surface area contributed by atoms with E-state index in [9.17, 15) is 21.6 Å². The lowest BCUT2D eigenvalue weighted by Crippen LogP contribution is -2.50. The number of halogens is 5. The first-order valence-corrected chi connectivity index (χ1v) is 13.9. The number of alkyl halides is 3. The molecule has 0 spiro atoms. The number of aliphatic imine (C=N–C) groups is 1.